The first-order valence-electron chi connectivity index (χ1n) is 5.63. The molecule has 1 fully saturated rings. The monoisotopic (exact) mass is 334 g/mol. The van der Waals surface area contributed by atoms with Gasteiger partial charge in [0.15, 0.2) is 6.61 Å². The summed E-state index contributed by atoms with van der Waals surface area (Å²) in [5.41, 5.74) is 0. The quantitative estimate of drug-likeness (QED) is 0.914. The Morgan fingerprint density at radius 1 is 1.33 bits per heavy atom. The van der Waals surface area contributed by atoms with E-state index in [9.17, 15) is 4.79 Å². The smallest absolute Gasteiger partial charge is 0.260 e. The second-order valence-corrected chi connectivity index (χ2v) is 4.70. The Morgan fingerprint density at radius 2 is 2.00 bits per heavy atom. The van der Waals surface area contributed by atoms with Crippen LogP contribution < -0.4 is 10.1 Å². The van der Waals surface area contributed by atoms with Crippen molar-refractivity contribution >= 4 is 34.2 Å². The summed E-state index contributed by atoms with van der Waals surface area (Å²) in [5.74, 6) is 0.748. The molecule has 0 aliphatic carbocycles. The number of halogens is 2. The Labute approximate surface area is 121 Å². The van der Waals surface area contributed by atoms with E-state index in [0.29, 0.717) is 5.75 Å². The third-order valence-corrected chi connectivity index (χ3v) is 3.31. The first-order chi connectivity index (χ1) is 8.27. The number of nitrogens with zero attached hydrogens (tertiary/aromatic N) is 1. The molecule has 1 aliphatic heterocycles. The fourth-order valence-electron chi connectivity index (χ4n) is 1.71. The predicted molar refractivity (Wildman–Crippen MR) is 76.3 cm³/mol. The summed E-state index contributed by atoms with van der Waals surface area (Å²) in [6, 6.07) is 7.53. The minimum atomic E-state index is 0. The van der Waals surface area contributed by atoms with Gasteiger partial charge in [0, 0.05) is 26.2 Å². The number of carbonyl (C=O) groups excluding carboxylic acids is 1. The highest BCUT2D eigenvalue weighted by Crippen LogP contribution is 2.23. The summed E-state index contributed by atoms with van der Waals surface area (Å²) >= 11 is 3.38. The number of amides is 1. The van der Waals surface area contributed by atoms with E-state index in [1.807, 2.05) is 29.2 Å². The van der Waals surface area contributed by atoms with E-state index in [-0.39, 0.29) is 24.9 Å². The molecule has 1 amide bonds. The molecule has 1 saturated heterocycles. The van der Waals surface area contributed by atoms with Crippen molar-refractivity contribution in [3.05, 3.63) is 28.7 Å². The van der Waals surface area contributed by atoms with Gasteiger partial charge in [0.2, 0.25) is 0 Å². The van der Waals surface area contributed by atoms with Gasteiger partial charge in [-0.2, -0.15) is 0 Å². The van der Waals surface area contributed by atoms with E-state index < -0.39 is 0 Å². The Kier molecular flexibility index (Phi) is 6.46. The molecular formula is C12H16BrClN2O2. The largest absolute Gasteiger partial charge is 0.483 e. The lowest BCUT2D eigenvalue weighted by atomic mass is 10.3. The van der Waals surface area contributed by atoms with Crippen LogP contribution >= 0.6 is 28.3 Å². The minimum absolute atomic E-state index is 0. The summed E-state index contributed by atoms with van der Waals surface area (Å²) in [6.07, 6.45) is 0. The number of benzene rings is 1. The zero-order valence-electron chi connectivity index (χ0n) is 9.89. The van der Waals surface area contributed by atoms with E-state index in [1.165, 1.54) is 0 Å². The number of carbonyl (C=O) groups is 1. The van der Waals surface area contributed by atoms with Crippen LogP contribution in [0.1, 0.15) is 0 Å². The number of hydrogen-bond acceptors (Lipinski definition) is 3. The van der Waals surface area contributed by atoms with Crippen molar-refractivity contribution in [2.45, 2.75) is 0 Å². The zero-order valence-corrected chi connectivity index (χ0v) is 12.3. The van der Waals surface area contributed by atoms with Crippen LogP contribution in [0.5, 0.6) is 5.75 Å². The number of hydrogen-bond donors (Lipinski definition) is 1. The summed E-state index contributed by atoms with van der Waals surface area (Å²) < 4.78 is 6.36. The van der Waals surface area contributed by atoms with Crippen molar-refractivity contribution in [2.75, 3.05) is 32.8 Å². The molecule has 1 N–H and O–H groups in total. The van der Waals surface area contributed by atoms with Crippen LogP contribution in [-0.4, -0.2) is 43.6 Å². The Hall–Kier alpha value is -0.780. The Morgan fingerprint density at radius 3 is 2.67 bits per heavy atom. The average molecular weight is 336 g/mol. The highest BCUT2D eigenvalue weighted by Gasteiger charge is 2.16. The number of piperazine rings is 1. The van der Waals surface area contributed by atoms with Gasteiger partial charge in [-0.1, -0.05) is 12.1 Å². The lowest BCUT2D eigenvalue weighted by molar-refractivity contribution is -0.133. The Balaban J connectivity index is 0.00000162. The maximum absolute atomic E-state index is 11.8. The van der Waals surface area contributed by atoms with E-state index in [1.54, 1.807) is 0 Å². The maximum Gasteiger partial charge on any atom is 0.260 e. The van der Waals surface area contributed by atoms with Crippen molar-refractivity contribution in [1.82, 2.24) is 10.2 Å². The van der Waals surface area contributed by atoms with Gasteiger partial charge in [-0.3, -0.25) is 4.79 Å². The van der Waals surface area contributed by atoms with Gasteiger partial charge in [-0.25, -0.2) is 0 Å². The molecular weight excluding hydrogens is 320 g/mol. The molecule has 6 heteroatoms. The third-order valence-electron chi connectivity index (χ3n) is 2.66. The fourth-order valence-corrected chi connectivity index (χ4v) is 2.11. The summed E-state index contributed by atoms with van der Waals surface area (Å²) in [7, 11) is 0. The molecule has 1 aliphatic rings. The van der Waals surface area contributed by atoms with Crippen LogP contribution in [0, 0.1) is 0 Å². The van der Waals surface area contributed by atoms with Crippen molar-refractivity contribution in [1.29, 1.82) is 0 Å². The molecule has 1 heterocycles. The summed E-state index contributed by atoms with van der Waals surface area (Å²) in [4.78, 5) is 13.7. The standard InChI is InChI=1S/C12H15BrN2O2.ClH/c13-10-3-1-2-4-11(10)17-9-12(16)15-7-5-14-6-8-15;/h1-4,14H,5-9H2;1H. The van der Waals surface area contributed by atoms with Gasteiger partial charge in [-0.15, -0.1) is 12.4 Å². The molecule has 1 aromatic carbocycles. The van der Waals surface area contributed by atoms with Crippen LogP contribution in [0.25, 0.3) is 0 Å². The van der Waals surface area contributed by atoms with Crippen molar-refractivity contribution in [2.24, 2.45) is 0 Å². The van der Waals surface area contributed by atoms with E-state index in [4.69, 9.17) is 4.74 Å². The zero-order chi connectivity index (χ0) is 12.1. The second-order valence-electron chi connectivity index (χ2n) is 3.85. The number of para-hydroxylation sites is 1. The normalized spacial score (nSPS) is 14.8. The number of rotatable bonds is 3. The van der Waals surface area contributed by atoms with Gasteiger partial charge in [0.25, 0.3) is 5.91 Å². The van der Waals surface area contributed by atoms with Gasteiger partial charge >= 0.3 is 0 Å². The minimum Gasteiger partial charge on any atom is -0.483 e. The second kappa shape index (κ2) is 7.61. The molecule has 0 unspecified atom stereocenters. The van der Waals surface area contributed by atoms with Gasteiger partial charge in [0.1, 0.15) is 5.75 Å². The highest BCUT2D eigenvalue weighted by molar-refractivity contribution is 9.10. The first kappa shape index (κ1) is 15.3. The molecule has 0 bridgehead atoms. The average Bonchev–Trinajstić information content (AvgIpc) is 2.38. The van der Waals surface area contributed by atoms with Gasteiger partial charge < -0.3 is 15.0 Å². The molecule has 100 valence electrons. The van der Waals surface area contributed by atoms with E-state index in [2.05, 4.69) is 21.2 Å². The lowest BCUT2D eigenvalue weighted by Gasteiger charge is -2.27. The molecule has 4 nitrogen and oxygen atoms in total. The van der Waals surface area contributed by atoms with Crippen LogP contribution in [0.2, 0.25) is 0 Å². The SMILES string of the molecule is Cl.O=C(COc1ccccc1Br)N1CCNCC1. The molecule has 18 heavy (non-hydrogen) atoms. The van der Waals surface area contributed by atoms with Gasteiger partial charge in [-0.05, 0) is 28.1 Å². The summed E-state index contributed by atoms with van der Waals surface area (Å²) in [6.45, 7) is 3.35. The van der Waals surface area contributed by atoms with Crippen molar-refractivity contribution < 1.29 is 9.53 Å². The van der Waals surface area contributed by atoms with Crippen LogP contribution in [-0.2, 0) is 4.79 Å². The highest BCUT2D eigenvalue weighted by atomic mass is 79.9. The molecule has 0 saturated carbocycles. The molecule has 1 aromatic rings. The third kappa shape index (κ3) is 4.15. The molecule has 0 spiro atoms. The molecule has 0 atom stereocenters. The van der Waals surface area contributed by atoms with Gasteiger partial charge in [0.05, 0.1) is 4.47 Å². The van der Waals surface area contributed by atoms with Crippen molar-refractivity contribution in [3.63, 3.8) is 0 Å². The maximum atomic E-state index is 11.8. The fraction of sp³-hybridized carbons (Fsp3) is 0.417. The van der Waals surface area contributed by atoms with E-state index >= 15 is 0 Å². The van der Waals surface area contributed by atoms with E-state index in [0.717, 1.165) is 30.7 Å². The number of ether oxygens (including phenoxy) is 1. The van der Waals surface area contributed by atoms with Crippen molar-refractivity contribution in [3.8, 4) is 5.75 Å². The topological polar surface area (TPSA) is 41.6 Å². The van der Waals surface area contributed by atoms with Crippen LogP contribution in [0.15, 0.2) is 28.7 Å². The predicted octanol–water partition coefficient (Wildman–Crippen LogP) is 1.68. The lowest BCUT2D eigenvalue weighted by Crippen LogP contribution is -2.47. The van der Waals surface area contributed by atoms with Crippen LogP contribution in [0.3, 0.4) is 0 Å². The Bertz CT molecular complexity index is 397. The number of nitrogens with one attached hydrogen (secondary N) is 1. The molecule has 0 radical (unpaired) electrons. The molecule has 2 rings (SSSR count). The molecule has 0 aromatic heterocycles. The van der Waals surface area contributed by atoms with Crippen LogP contribution in [0.4, 0.5) is 0 Å². The first-order valence-corrected chi connectivity index (χ1v) is 6.42. The summed E-state index contributed by atoms with van der Waals surface area (Å²) in [5, 5.41) is 3.21.